The molecule has 0 spiro atoms. The number of methoxy groups -OCH3 is 1. The number of fused-ring (bicyclic) bond motifs is 1. The number of carbonyl (C=O) groups is 1. The third-order valence-corrected chi connectivity index (χ3v) is 7.19. The molecule has 4 rings (SSSR count). The molecule has 3 unspecified atom stereocenters. The van der Waals surface area contributed by atoms with Crippen LogP contribution in [-0.2, 0) is 4.79 Å². The van der Waals surface area contributed by atoms with Gasteiger partial charge in [-0.15, -0.1) is 11.3 Å². The van der Waals surface area contributed by atoms with Crippen LogP contribution >= 0.6 is 11.3 Å². The maximum atomic E-state index is 14.7. The fourth-order valence-electron chi connectivity index (χ4n) is 4.57. The number of piperidine rings is 1. The molecule has 8 heteroatoms. The fraction of sp³-hybridized carbons (Fsp3) is 0.385. The summed E-state index contributed by atoms with van der Waals surface area (Å²) in [6.07, 6.45) is 1.49. The molecule has 3 aromatic rings. The summed E-state index contributed by atoms with van der Waals surface area (Å²) in [5, 5.41) is 23.2. The van der Waals surface area contributed by atoms with Crippen LogP contribution in [0.4, 0.5) is 4.39 Å². The van der Waals surface area contributed by atoms with Crippen molar-refractivity contribution in [3.8, 4) is 17.6 Å². The zero-order valence-corrected chi connectivity index (χ0v) is 19.7. The standard InChI is InChI=1S/C26H27FN2O4S/c1-33-18-7-8-23-20(14-18)25(22(27)15-28-23)24(30)9-6-17-10-12-29(16-21(17)26(31)32)11-2-4-19-5-3-13-34-19/h3,5,7-8,13-15,17,21,24,30H,6,9-12,16H2,1H3,(H,31,32). The minimum atomic E-state index is -1.07. The molecule has 1 aliphatic heterocycles. The molecule has 3 heterocycles. The molecule has 178 valence electrons. The lowest BCUT2D eigenvalue weighted by atomic mass is 9.81. The third-order valence-electron chi connectivity index (χ3n) is 6.40. The van der Waals surface area contributed by atoms with Crippen molar-refractivity contribution < 1.29 is 24.1 Å². The summed E-state index contributed by atoms with van der Waals surface area (Å²) in [4.78, 5) is 19.1. The van der Waals surface area contributed by atoms with Crippen LogP contribution in [0, 0.1) is 29.5 Å². The molecule has 1 aliphatic rings. The Kier molecular flexibility index (Phi) is 7.78. The van der Waals surface area contributed by atoms with Gasteiger partial charge in [-0.3, -0.25) is 14.7 Å². The molecule has 0 saturated carbocycles. The number of hydrogen-bond donors (Lipinski definition) is 2. The summed E-state index contributed by atoms with van der Waals surface area (Å²) >= 11 is 1.58. The normalized spacial score (nSPS) is 19.4. The van der Waals surface area contributed by atoms with E-state index < -0.39 is 23.8 Å². The molecular formula is C26H27FN2O4S. The van der Waals surface area contributed by atoms with E-state index in [9.17, 15) is 19.4 Å². The molecule has 2 aromatic heterocycles. The molecule has 0 bridgehead atoms. The van der Waals surface area contributed by atoms with Gasteiger partial charge in [0.15, 0.2) is 0 Å². The molecule has 0 aliphatic carbocycles. The number of aliphatic hydroxyl groups excluding tert-OH is 1. The summed E-state index contributed by atoms with van der Waals surface area (Å²) in [5.74, 6) is 4.71. The number of carboxylic acid groups (broad SMARTS) is 1. The highest BCUT2D eigenvalue weighted by molar-refractivity contribution is 7.10. The highest BCUT2D eigenvalue weighted by atomic mass is 32.1. The molecule has 6 nitrogen and oxygen atoms in total. The number of aliphatic carboxylic acids is 1. The summed E-state index contributed by atoms with van der Waals surface area (Å²) in [5.41, 5.74) is 0.744. The van der Waals surface area contributed by atoms with Gasteiger partial charge in [-0.25, -0.2) is 4.39 Å². The zero-order valence-electron chi connectivity index (χ0n) is 18.9. The predicted molar refractivity (Wildman–Crippen MR) is 129 cm³/mol. The van der Waals surface area contributed by atoms with Crippen molar-refractivity contribution in [3.63, 3.8) is 0 Å². The Morgan fingerprint density at radius 3 is 3.00 bits per heavy atom. The van der Waals surface area contributed by atoms with E-state index in [0.29, 0.717) is 42.6 Å². The van der Waals surface area contributed by atoms with Crippen LogP contribution < -0.4 is 4.74 Å². The Hall–Kier alpha value is -2.99. The smallest absolute Gasteiger partial charge is 0.308 e. The number of halogens is 1. The highest BCUT2D eigenvalue weighted by Crippen LogP contribution is 2.34. The van der Waals surface area contributed by atoms with Crippen LogP contribution in [0.1, 0.15) is 35.8 Å². The predicted octanol–water partition coefficient (Wildman–Crippen LogP) is 4.33. The van der Waals surface area contributed by atoms with Crippen molar-refractivity contribution in [3.05, 3.63) is 58.2 Å². The lowest BCUT2D eigenvalue weighted by molar-refractivity contribution is -0.146. The molecule has 0 radical (unpaired) electrons. The van der Waals surface area contributed by atoms with E-state index in [4.69, 9.17) is 4.74 Å². The second kappa shape index (κ2) is 11.0. The van der Waals surface area contributed by atoms with Crippen molar-refractivity contribution >= 4 is 28.2 Å². The van der Waals surface area contributed by atoms with Gasteiger partial charge in [-0.1, -0.05) is 17.9 Å². The van der Waals surface area contributed by atoms with Gasteiger partial charge in [0, 0.05) is 17.5 Å². The highest BCUT2D eigenvalue weighted by Gasteiger charge is 2.34. The van der Waals surface area contributed by atoms with E-state index in [2.05, 4.69) is 21.7 Å². The minimum Gasteiger partial charge on any atom is -0.497 e. The lowest BCUT2D eigenvalue weighted by Gasteiger charge is -2.36. The van der Waals surface area contributed by atoms with Crippen molar-refractivity contribution in [2.45, 2.75) is 25.4 Å². The topological polar surface area (TPSA) is 82.9 Å². The number of benzene rings is 1. The van der Waals surface area contributed by atoms with Crippen molar-refractivity contribution in [2.75, 3.05) is 26.7 Å². The SMILES string of the molecule is COc1ccc2ncc(F)c(C(O)CCC3CCN(CC#Cc4cccs4)CC3C(=O)O)c2c1. The van der Waals surface area contributed by atoms with E-state index in [0.717, 1.165) is 17.6 Å². The number of ether oxygens (including phenoxy) is 1. The first kappa shape index (κ1) is 24.1. The van der Waals surface area contributed by atoms with Gasteiger partial charge in [0.2, 0.25) is 0 Å². The van der Waals surface area contributed by atoms with Gasteiger partial charge in [0.05, 0.1) is 42.3 Å². The molecule has 3 atom stereocenters. The summed E-state index contributed by atoms with van der Waals surface area (Å²) in [7, 11) is 1.52. The number of carboxylic acids is 1. The molecule has 34 heavy (non-hydrogen) atoms. The van der Waals surface area contributed by atoms with Gasteiger partial charge >= 0.3 is 5.97 Å². The number of nitrogens with zero attached hydrogens (tertiary/aromatic N) is 2. The Bertz CT molecular complexity index is 1200. The summed E-state index contributed by atoms with van der Waals surface area (Å²) < 4.78 is 19.9. The second-order valence-electron chi connectivity index (χ2n) is 8.50. The lowest BCUT2D eigenvalue weighted by Crippen LogP contribution is -2.44. The number of likely N-dealkylation sites (tertiary alicyclic amines) is 1. The van der Waals surface area contributed by atoms with Crippen molar-refractivity contribution in [2.24, 2.45) is 11.8 Å². The van der Waals surface area contributed by atoms with Gasteiger partial charge in [0.25, 0.3) is 0 Å². The Labute approximate surface area is 202 Å². The number of hydrogen-bond acceptors (Lipinski definition) is 6. The van der Waals surface area contributed by atoms with E-state index in [1.165, 1.54) is 7.11 Å². The minimum absolute atomic E-state index is 0.0978. The molecule has 1 fully saturated rings. The number of aliphatic hydroxyl groups is 1. The van der Waals surface area contributed by atoms with Gasteiger partial charge in [-0.05, 0) is 61.4 Å². The average molecular weight is 483 g/mol. The maximum absolute atomic E-state index is 14.7. The first-order chi connectivity index (χ1) is 16.5. The first-order valence-corrected chi connectivity index (χ1v) is 12.1. The van der Waals surface area contributed by atoms with E-state index >= 15 is 0 Å². The summed E-state index contributed by atoms with van der Waals surface area (Å²) in [6.45, 7) is 1.68. The van der Waals surface area contributed by atoms with Crippen molar-refractivity contribution in [1.82, 2.24) is 9.88 Å². The van der Waals surface area contributed by atoms with Gasteiger partial charge < -0.3 is 14.9 Å². The van der Waals surface area contributed by atoms with Crippen LogP contribution in [0.3, 0.4) is 0 Å². The van der Waals surface area contributed by atoms with Crippen LogP contribution in [0.15, 0.2) is 41.9 Å². The average Bonchev–Trinajstić information content (AvgIpc) is 3.36. The zero-order chi connectivity index (χ0) is 24.1. The number of aromatic nitrogens is 1. The van der Waals surface area contributed by atoms with Crippen LogP contribution in [0.2, 0.25) is 0 Å². The quantitative estimate of drug-likeness (QED) is 0.488. The van der Waals surface area contributed by atoms with E-state index in [1.54, 1.807) is 29.5 Å². The summed E-state index contributed by atoms with van der Waals surface area (Å²) in [6, 6.07) is 9.03. The third kappa shape index (κ3) is 5.55. The van der Waals surface area contributed by atoms with Crippen LogP contribution in [-0.4, -0.2) is 52.8 Å². The van der Waals surface area contributed by atoms with Crippen molar-refractivity contribution in [1.29, 1.82) is 0 Å². The number of thiophene rings is 1. The Morgan fingerprint density at radius 1 is 1.41 bits per heavy atom. The molecule has 2 N–H and O–H groups in total. The molecule has 1 saturated heterocycles. The van der Waals surface area contributed by atoms with Crippen LogP contribution in [0.5, 0.6) is 5.75 Å². The molecular weight excluding hydrogens is 455 g/mol. The first-order valence-electron chi connectivity index (χ1n) is 11.2. The van der Waals surface area contributed by atoms with E-state index in [-0.39, 0.29) is 17.9 Å². The monoisotopic (exact) mass is 482 g/mol. The Morgan fingerprint density at radius 2 is 2.26 bits per heavy atom. The largest absolute Gasteiger partial charge is 0.497 e. The number of pyridine rings is 1. The number of rotatable bonds is 7. The maximum Gasteiger partial charge on any atom is 0.308 e. The second-order valence-corrected chi connectivity index (χ2v) is 9.45. The van der Waals surface area contributed by atoms with Gasteiger partial charge in [0.1, 0.15) is 11.6 Å². The van der Waals surface area contributed by atoms with Gasteiger partial charge in [-0.2, -0.15) is 0 Å². The Balaban J connectivity index is 1.42. The molecule has 0 amide bonds. The fourth-order valence-corrected chi connectivity index (χ4v) is 5.17. The van der Waals surface area contributed by atoms with E-state index in [1.807, 2.05) is 17.5 Å². The molecule has 1 aromatic carbocycles. The van der Waals surface area contributed by atoms with Crippen LogP contribution in [0.25, 0.3) is 10.9 Å².